The van der Waals surface area contributed by atoms with Gasteiger partial charge in [0.15, 0.2) is 5.71 Å². The fraction of sp³-hybridized carbons (Fsp3) is 0.0667. The highest BCUT2D eigenvalue weighted by Gasteiger charge is 2.18. The highest BCUT2D eigenvalue weighted by molar-refractivity contribution is 6.45. The second kappa shape index (κ2) is 6.38. The lowest BCUT2D eigenvalue weighted by molar-refractivity contribution is -0.114. The molecule has 0 atom stereocenters. The highest BCUT2D eigenvalue weighted by Crippen LogP contribution is 2.25. The number of amides is 1. The molecule has 0 heterocycles. The Morgan fingerprint density at radius 1 is 1.10 bits per heavy atom. The zero-order valence-electron chi connectivity index (χ0n) is 10.9. The number of nitrogens with zero attached hydrogens (tertiary/aromatic N) is 1. The number of nitrogens with one attached hydrogen (secondary N) is 1. The van der Waals surface area contributed by atoms with Gasteiger partial charge in [-0.1, -0.05) is 35.5 Å². The van der Waals surface area contributed by atoms with Crippen LogP contribution < -0.4 is 10.1 Å². The van der Waals surface area contributed by atoms with Crippen molar-refractivity contribution < 1.29 is 14.7 Å². The summed E-state index contributed by atoms with van der Waals surface area (Å²) in [5, 5.41) is 14.5. The van der Waals surface area contributed by atoms with Crippen LogP contribution >= 0.6 is 0 Å². The number of ether oxygens (including phenoxy) is 1. The fourth-order valence-corrected chi connectivity index (χ4v) is 1.71. The van der Waals surface area contributed by atoms with E-state index in [0.29, 0.717) is 17.1 Å². The predicted octanol–water partition coefficient (Wildman–Crippen LogP) is 2.40. The molecule has 0 saturated carbocycles. The van der Waals surface area contributed by atoms with Crippen molar-refractivity contribution in [1.29, 1.82) is 0 Å². The quantitative estimate of drug-likeness (QED) is 0.509. The lowest BCUT2D eigenvalue weighted by Gasteiger charge is -2.11. The minimum atomic E-state index is -0.489. The Balaban J connectivity index is 2.38. The summed E-state index contributed by atoms with van der Waals surface area (Å²) in [4.78, 5) is 11.7. The number of carbonyl (C=O) groups is 1. The molecule has 0 spiro atoms. The van der Waals surface area contributed by atoms with Gasteiger partial charge in [0, 0.05) is 7.05 Å². The molecule has 0 aliphatic carbocycles. The molecular weight excluding hydrogens is 256 g/mol. The minimum absolute atomic E-state index is 0.0981. The first kappa shape index (κ1) is 13.6. The number of hydrogen-bond donors (Lipinski definition) is 2. The summed E-state index contributed by atoms with van der Waals surface area (Å²) in [6.07, 6.45) is 0. The molecule has 0 aromatic heterocycles. The highest BCUT2D eigenvalue weighted by atomic mass is 16.5. The van der Waals surface area contributed by atoms with E-state index in [-0.39, 0.29) is 5.71 Å². The Morgan fingerprint density at radius 2 is 1.75 bits per heavy atom. The number of rotatable bonds is 4. The summed E-state index contributed by atoms with van der Waals surface area (Å²) in [6.45, 7) is 0. The molecule has 0 saturated heterocycles. The average Bonchev–Trinajstić information content (AvgIpc) is 2.50. The van der Waals surface area contributed by atoms with Crippen molar-refractivity contribution in [3.8, 4) is 11.5 Å². The Morgan fingerprint density at radius 3 is 2.40 bits per heavy atom. The summed E-state index contributed by atoms with van der Waals surface area (Å²) in [5.74, 6) is 0.584. The largest absolute Gasteiger partial charge is 0.457 e. The number of hydrogen-bond acceptors (Lipinski definition) is 4. The second-order valence-corrected chi connectivity index (χ2v) is 3.94. The molecule has 2 rings (SSSR count). The maximum absolute atomic E-state index is 11.7. The lowest BCUT2D eigenvalue weighted by atomic mass is 10.1. The lowest BCUT2D eigenvalue weighted by Crippen LogP contribution is -2.28. The van der Waals surface area contributed by atoms with Gasteiger partial charge in [-0.2, -0.15) is 0 Å². The van der Waals surface area contributed by atoms with Crippen molar-refractivity contribution in [3.05, 3.63) is 60.2 Å². The Hall–Kier alpha value is -2.82. The van der Waals surface area contributed by atoms with E-state index in [2.05, 4.69) is 10.5 Å². The smallest absolute Gasteiger partial charge is 0.273 e. The molecule has 0 unspecified atom stereocenters. The van der Waals surface area contributed by atoms with E-state index in [1.165, 1.54) is 7.05 Å². The number of para-hydroxylation sites is 2. The van der Waals surface area contributed by atoms with E-state index in [9.17, 15) is 4.79 Å². The van der Waals surface area contributed by atoms with Crippen molar-refractivity contribution in [2.45, 2.75) is 0 Å². The molecule has 0 radical (unpaired) electrons. The van der Waals surface area contributed by atoms with Crippen LogP contribution in [0, 0.1) is 0 Å². The molecule has 0 aliphatic rings. The Bertz CT molecular complexity index is 624. The zero-order valence-corrected chi connectivity index (χ0v) is 10.9. The third-order valence-electron chi connectivity index (χ3n) is 2.66. The summed E-state index contributed by atoms with van der Waals surface area (Å²) in [6, 6.07) is 16.0. The molecule has 2 N–H and O–H groups in total. The number of oxime groups is 1. The van der Waals surface area contributed by atoms with E-state index in [0.717, 1.165) is 0 Å². The molecule has 0 aliphatic heterocycles. The Kier molecular flexibility index (Phi) is 4.34. The average molecular weight is 270 g/mol. The Labute approximate surface area is 116 Å². The molecule has 0 bridgehead atoms. The van der Waals surface area contributed by atoms with Crippen LogP contribution in [0.5, 0.6) is 11.5 Å². The van der Waals surface area contributed by atoms with Gasteiger partial charge >= 0.3 is 0 Å². The van der Waals surface area contributed by atoms with Gasteiger partial charge in [0.2, 0.25) is 0 Å². The number of carbonyl (C=O) groups excluding carboxylic acids is 1. The SMILES string of the molecule is CNC(=O)/C(=N\O)c1ccccc1Oc1ccccc1. The van der Waals surface area contributed by atoms with E-state index in [4.69, 9.17) is 9.94 Å². The van der Waals surface area contributed by atoms with Crippen molar-refractivity contribution >= 4 is 11.6 Å². The summed E-state index contributed by atoms with van der Waals surface area (Å²) in [5.41, 5.74) is 0.317. The van der Waals surface area contributed by atoms with Crippen LogP contribution in [0.15, 0.2) is 59.8 Å². The van der Waals surface area contributed by atoms with Gasteiger partial charge in [0.1, 0.15) is 11.5 Å². The van der Waals surface area contributed by atoms with Gasteiger partial charge in [-0.3, -0.25) is 4.79 Å². The molecule has 102 valence electrons. The standard InChI is InChI=1S/C15H14N2O3/c1-16-15(18)14(17-19)12-9-5-6-10-13(12)20-11-7-3-2-4-8-11/h2-10,19H,1H3,(H,16,18)/b17-14-. The number of likely N-dealkylation sites (N-methyl/N-ethyl adjacent to an activating group) is 1. The first-order valence-electron chi connectivity index (χ1n) is 6.02. The maximum Gasteiger partial charge on any atom is 0.273 e. The van der Waals surface area contributed by atoms with Crippen LogP contribution in [0.1, 0.15) is 5.56 Å². The van der Waals surface area contributed by atoms with Gasteiger partial charge in [0.25, 0.3) is 5.91 Å². The van der Waals surface area contributed by atoms with Gasteiger partial charge < -0.3 is 15.3 Å². The van der Waals surface area contributed by atoms with Crippen LogP contribution in [0.2, 0.25) is 0 Å². The first-order valence-corrected chi connectivity index (χ1v) is 6.02. The van der Waals surface area contributed by atoms with E-state index in [1.54, 1.807) is 36.4 Å². The van der Waals surface area contributed by atoms with Crippen molar-refractivity contribution in [2.24, 2.45) is 5.16 Å². The van der Waals surface area contributed by atoms with Crippen LogP contribution in [0.3, 0.4) is 0 Å². The van der Waals surface area contributed by atoms with E-state index >= 15 is 0 Å². The third-order valence-corrected chi connectivity index (χ3v) is 2.66. The van der Waals surface area contributed by atoms with Crippen molar-refractivity contribution in [2.75, 3.05) is 7.05 Å². The topological polar surface area (TPSA) is 70.9 Å². The summed E-state index contributed by atoms with van der Waals surface area (Å²) >= 11 is 0. The van der Waals surface area contributed by atoms with Gasteiger partial charge in [0.05, 0.1) is 5.56 Å². The zero-order chi connectivity index (χ0) is 14.4. The third kappa shape index (κ3) is 2.95. The summed E-state index contributed by atoms with van der Waals surface area (Å²) < 4.78 is 5.72. The second-order valence-electron chi connectivity index (χ2n) is 3.94. The van der Waals surface area contributed by atoms with Crippen molar-refractivity contribution in [3.63, 3.8) is 0 Å². The normalized spacial score (nSPS) is 10.9. The van der Waals surface area contributed by atoms with Crippen LogP contribution in [-0.2, 0) is 4.79 Å². The first-order chi connectivity index (χ1) is 9.76. The van der Waals surface area contributed by atoms with Crippen molar-refractivity contribution in [1.82, 2.24) is 5.32 Å². The monoisotopic (exact) mass is 270 g/mol. The molecule has 20 heavy (non-hydrogen) atoms. The fourth-order valence-electron chi connectivity index (χ4n) is 1.71. The molecule has 2 aromatic carbocycles. The number of benzene rings is 2. The van der Waals surface area contributed by atoms with Crippen LogP contribution in [0.4, 0.5) is 0 Å². The molecule has 2 aromatic rings. The van der Waals surface area contributed by atoms with Gasteiger partial charge in [-0.15, -0.1) is 0 Å². The predicted molar refractivity (Wildman–Crippen MR) is 75.3 cm³/mol. The van der Waals surface area contributed by atoms with E-state index < -0.39 is 5.91 Å². The van der Waals surface area contributed by atoms with Gasteiger partial charge in [-0.25, -0.2) is 0 Å². The maximum atomic E-state index is 11.7. The van der Waals surface area contributed by atoms with Gasteiger partial charge in [-0.05, 0) is 24.3 Å². The molecule has 5 heteroatoms. The molecule has 5 nitrogen and oxygen atoms in total. The summed E-state index contributed by atoms with van der Waals surface area (Å²) in [7, 11) is 1.47. The van der Waals surface area contributed by atoms with Crippen LogP contribution in [0.25, 0.3) is 0 Å². The molecular formula is C15H14N2O3. The molecule has 0 fully saturated rings. The van der Waals surface area contributed by atoms with Crippen LogP contribution in [-0.4, -0.2) is 23.9 Å². The van der Waals surface area contributed by atoms with E-state index in [1.807, 2.05) is 18.2 Å². The minimum Gasteiger partial charge on any atom is -0.457 e. The molecule has 1 amide bonds.